The van der Waals surface area contributed by atoms with Gasteiger partial charge in [-0.1, -0.05) is 122 Å². The van der Waals surface area contributed by atoms with E-state index in [-0.39, 0.29) is 18.9 Å². The van der Waals surface area contributed by atoms with Crippen LogP contribution >= 0.6 is 0 Å². The number of carbonyl (C=O) groups is 1. The van der Waals surface area contributed by atoms with Crippen LogP contribution in [0.2, 0.25) is 0 Å². The number of hydrogen-bond acceptors (Lipinski definition) is 18. The molecule has 3 rings (SSSR count). The number of allylic oxidation sites excluding steroid dienone is 1. The lowest BCUT2D eigenvalue weighted by molar-refractivity contribution is -0.379. The quantitative estimate of drug-likeness (QED) is 0.0319. The third-order valence-electron chi connectivity index (χ3n) is 12.3. The highest BCUT2D eigenvalue weighted by Crippen LogP contribution is 2.33. The molecule has 0 aromatic carbocycles. The Labute approximate surface area is 378 Å². The lowest BCUT2D eigenvalue weighted by Crippen LogP contribution is -2.66. The highest BCUT2D eigenvalue weighted by Gasteiger charge is 2.53. The third-order valence-corrected chi connectivity index (χ3v) is 12.3. The van der Waals surface area contributed by atoms with Crippen molar-refractivity contribution in [2.24, 2.45) is 0 Å². The van der Waals surface area contributed by atoms with E-state index in [1.165, 1.54) is 83.5 Å². The van der Waals surface area contributed by atoms with Crippen LogP contribution in [0, 0.1) is 0 Å². The van der Waals surface area contributed by atoms with Crippen molar-refractivity contribution in [3.8, 4) is 0 Å². The Morgan fingerprint density at radius 3 is 1.44 bits per heavy atom. The average molecular weight is 926 g/mol. The largest absolute Gasteiger partial charge is 0.394 e. The predicted molar refractivity (Wildman–Crippen MR) is 231 cm³/mol. The molecule has 1 amide bonds. The van der Waals surface area contributed by atoms with Gasteiger partial charge in [-0.25, -0.2) is 0 Å². The van der Waals surface area contributed by atoms with Gasteiger partial charge in [0.15, 0.2) is 18.9 Å². The van der Waals surface area contributed by atoms with Crippen molar-refractivity contribution in [2.45, 2.75) is 240 Å². The van der Waals surface area contributed by atoms with Crippen LogP contribution in [0.5, 0.6) is 0 Å². The summed E-state index contributed by atoms with van der Waals surface area (Å²) in [5, 5.41) is 118. The summed E-state index contributed by atoms with van der Waals surface area (Å²) in [6.07, 6.45) is -1.44. The fourth-order valence-electron chi connectivity index (χ4n) is 8.29. The van der Waals surface area contributed by atoms with Gasteiger partial charge in [0.25, 0.3) is 0 Å². The summed E-state index contributed by atoms with van der Waals surface area (Å²) in [4.78, 5) is 12.6. The van der Waals surface area contributed by atoms with Gasteiger partial charge in [-0.15, -0.1) is 0 Å². The molecule has 3 aliphatic heterocycles. The van der Waals surface area contributed by atoms with E-state index in [2.05, 4.69) is 12.2 Å². The number of hydrogen-bond donors (Lipinski definition) is 12. The summed E-state index contributed by atoms with van der Waals surface area (Å²) < 4.78 is 33.8. The van der Waals surface area contributed by atoms with Crippen LogP contribution in [0.15, 0.2) is 12.2 Å². The van der Waals surface area contributed by atoms with E-state index in [1.807, 2.05) is 13.0 Å². The Morgan fingerprint density at radius 1 is 0.547 bits per heavy atom. The number of amides is 1. The first-order valence-electron chi connectivity index (χ1n) is 23.9. The van der Waals surface area contributed by atoms with Gasteiger partial charge < -0.3 is 89.9 Å². The molecule has 17 unspecified atom stereocenters. The second-order valence-electron chi connectivity index (χ2n) is 17.6. The summed E-state index contributed by atoms with van der Waals surface area (Å²) >= 11 is 0. The first-order valence-corrected chi connectivity index (χ1v) is 23.9. The van der Waals surface area contributed by atoms with E-state index in [9.17, 15) is 61.0 Å². The summed E-state index contributed by atoms with van der Waals surface area (Å²) in [6.45, 7) is 1.31. The Balaban J connectivity index is 1.46. The lowest BCUT2D eigenvalue weighted by atomic mass is 9.96. The molecule has 19 nitrogen and oxygen atoms in total. The van der Waals surface area contributed by atoms with Gasteiger partial charge in [-0.2, -0.15) is 0 Å². The van der Waals surface area contributed by atoms with Crippen molar-refractivity contribution < 1.29 is 89.4 Å². The summed E-state index contributed by atoms with van der Waals surface area (Å²) in [5.74, 6) is -0.330. The fraction of sp³-hybridized carbons (Fsp3) is 0.933. The molecule has 17 atom stereocenters. The van der Waals surface area contributed by atoms with Crippen LogP contribution in [-0.4, -0.2) is 193 Å². The second kappa shape index (κ2) is 31.6. The number of nitrogens with one attached hydrogen (secondary N) is 1. The Hall–Kier alpha value is -1.47. The van der Waals surface area contributed by atoms with Crippen LogP contribution in [0.1, 0.15) is 136 Å². The maximum atomic E-state index is 12.6. The number of unbranched alkanes of at least 4 members (excludes halogenated alkanes) is 16. The zero-order valence-electron chi connectivity index (χ0n) is 38.0. The minimum Gasteiger partial charge on any atom is -0.394 e. The minimum atomic E-state index is -1.97. The first kappa shape index (κ1) is 56.9. The van der Waals surface area contributed by atoms with Crippen molar-refractivity contribution in [1.29, 1.82) is 0 Å². The zero-order chi connectivity index (χ0) is 47.0. The van der Waals surface area contributed by atoms with Crippen molar-refractivity contribution >= 4 is 5.91 Å². The standard InChI is InChI=1S/C45H83NO18/c1-3-5-6-7-8-9-10-11-12-13-14-15-16-17-18-19-20-21-23-29(50)28(46-33(51)22-4-2)27-59-43-39(57)36(54)41(31(25-48)61-43)64-45-40(58)37(55)42(32(26-49)62-45)63-44-38(56)35(53)34(52)30(24-47)60-44/h21,23,28-32,34-45,47-50,52-58H,3-20,22,24-27H2,1-2H3,(H,46,51)/b23-21+. The van der Waals surface area contributed by atoms with E-state index >= 15 is 0 Å². The van der Waals surface area contributed by atoms with E-state index in [4.69, 9.17) is 28.4 Å². The molecule has 0 aromatic heterocycles. The smallest absolute Gasteiger partial charge is 0.220 e. The highest BCUT2D eigenvalue weighted by molar-refractivity contribution is 5.76. The van der Waals surface area contributed by atoms with Crippen molar-refractivity contribution in [2.75, 3.05) is 26.4 Å². The molecule has 3 aliphatic rings. The third kappa shape index (κ3) is 18.2. The molecule has 0 spiro atoms. The molecule has 64 heavy (non-hydrogen) atoms. The summed E-state index contributed by atoms with van der Waals surface area (Å²) in [6, 6.07) is -0.962. The van der Waals surface area contributed by atoms with Crippen LogP contribution in [0.3, 0.4) is 0 Å². The Bertz CT molecular complexity index is 1250. The van der Waals surface area contributed by atoms with Crippen LogP contribution < -0.4 is 5.32 Å². The SMILES string of the molecule is CCCCCCCCCCCCCCCCCC/C=C/C(O)C(COC1OC(CO)C(OC2OC(CO)C(OC3OC(CO)C(O)C(O)C3O)C(O)C2O)C(O)C1O)NC(=O)CCC. The molecule has 19 heteroatoms. The molecular weight excluding hydrogens is 842 g/mol. The summed E-state index contributed by atoms with van der Waals surface area (Å²) in [7, 11) is 0. The molecule has 3 heterocycles. The monoisotopic (exact) mass is 926 g/mol. The van der Waals surface area contributed by atoms with E-state index < -0.39 is 124 Å². The van der Waals surface area contributed by atoms with E-state index in [1.54, 1.807) is 6.08 Å². The molecular formula is C45H83NO18. The fourth-order valence-corrected chi connectivity index (χ4v) is 8.29. The molecule has 0 aromatic rings. The van der Waals surface area contributed by atoms with E-state index in [0.29, 0.717) is 6.42 Å². The maximum Gasteiger partial charge on any atom is 0.220 e. The zero-order valence-corrected chi connectivity index (χ0v) is 38.0. The molecule has 0 radical (unpaired) electrons. The van der Waals surface area contributed by atoms with Gasteiger partial charge in [0.2, 0.25) is 5.91 Å². The first-order chi connectivity index (χ1) is 30.8. The van der Waals surface area contributed by atoms with Crippen LogP contribution in [0.4, 0.5) is 0 Å². The molecule has 0 aliphatic carbocycles. The van der Waals surface area contributed by atoms with Crippen molar-refractivity contribution in [3.63, 3.8) is 0 Å². The van der Waals surface area contributed by atoms with Gasteiger partial charge in [0.1, 0.15) is 73.2 Å². The lowest BCUT2D eigenvalue weighted by Gasteiger charge is -2.48. The van der Waals surface area contributed by atoms with Crippen molar-refractivity contribution in [3.05, 3.63) is 12.2 Å². The van der Waals surface area contributed by atoms with Crippen molar-refractivity contribution in [1.82, 2.24) is 5.32 Å². The minimum absolute atomic E-state index is 0.195. The normalized spacial score (nSPS) is 34.5. The topological polar surface area (TPSA) is 307 Å². The van der Waals surface area contributed by atoms with Crippen LogP contribution in [0.25, 0.3) is 0 Å². The molecule has 0 bridgehead atoms. The summed E-state index contributed by atoms with van der Waals surface area (Å²) in [5.41, 5.74) is 0. The molecule has 3 saturated heterocycles. The number of rotatable bonds is 32. The number of aliphatic hydroxyl groups is 11. The van der Waals surface area contributed by atoms with Gasteiger partial charge in [-0.05, 0) is 19.3 Å². The number of carbonyl (C=O) groups excluding carboxylic acids is 1. The maximum absolute atomic E-state index is 12.6. The van der Waals surface area contributed by atoms with Gasteiger partial charge in [0, 0.05) is 6.42 Å². The Kier molecular flexibility index (Phi) is 28.0. The Morgan fingerprint density at radius 2 is 0.969 bits per heavy atom. The molecule has 12 N–H and O–H groups in total. The average Bonchev–Trinajstić information content (AvgIpc) is 3.28. The molecule has 376 valence electrons. The van der Waals surface area contributed by atoms with Crippen LogP contribution in [-0.2, 0) is 33.2 Å². The number of aliphatic hydroxyl groups excluding tert-OH is 11. The predicted octanol–water partition coefficient (Wildman–Crippen LogP) is 0.305. The van der Waals surface area contributed by atoms with Gasteiger partial charge in [-0.3, -0.25) is 4.79 Å². The van der Waals surface area contributed by atoms with Gasteiger partial charge in [0.05, 0.1) is 38.6 Å². The highest BCUT2D eigenvalue weighted by atomic mass is 16.8. The number of ether oxygens (including phenoxy) is 6. The molecule has 0 saturated carbocycles. The van der Waals surface area contributed by atoms with E-state index in [0.717, 1.165) is 25.7 Å². The van der Waals surface area contributed by atoms with Gasteiger partial charge >= 0.3 is 0 Å². The molecule has 3 fully saturated rings. The second-order valence-corrected chi connectivity index (χ2v) is 17.6.